The summed E-state index contributed by atoms with van der Waals surface area (Å²) in [5.74, 6) is -0.777. The molecule has 0 bridgehead atoms. The van der Waals surface area contributed by atoms with Gasteiger partial charge in [0.15, 0.2) is 11.5 Å². The molecule has 8 nitrogen and oxygen atoms in total. The number of carbonyl (C=O) groups is 2. The SMILES string of the molecule is CCN(CC)CCN1C(=O)C(=O)C(=C(O)c2ccc(OC)c(OC)c2)C1c1ccc(O)cc1. The highest BCUT2D eigenvalue weighted by molar-refractivity contribution is 6.46. The fourth-order valence-corrected chi connectivity index (χ4v) is 4.04. The molecule has 2 aromatic carbocycles. The van der Waals surface area contributed by atoms with Gasteiger partial charge in [-0.3, -0.25) is 9.59 Å². The van der Waals surface area contributed by atoms with Crippen LogP contribution in [0.4, 0.5) is 0 Å². The summed E-state index contributed by atoms with van der Waals surface area (Å²) in [4.78, 5) is 29.8. The molecule has 1 saturated heterocycles. The van der Waals surface area contributed by atoms with Crippen LogP contribution in [-0.2, 0) is 9.59 Å². The van der Waals surface area contributed by atoms with Crippen molar-refractivity contribution < 1.29 is 29.3 Å². The molecular formula is C25H30N2O6. The number of amides is 1. The average molecular weight is 455 g/mol. The second-order valence-corrected chi connectivity index (χ2v) is 7.68. The number of rotatable bonds is 9. The van der Waals surface area contributed by atoms with E-state index in [1.54, 1.807) is 30.3 Å². The van der Waals surface area contributed by atoms with Crippen LogP contribution < -0.4 is 9.47 Å². The van der Waals surface area contributed by atoms with Gasteiger partial charge in [-0.1, -0.05) is 26.0 Å². The van der Waals surface area contributed by atoms with E-state index in [0.717, 1.165) is 13.1 Å². The summed E-state index contributed by atoms with van der Waals surface area (Å²) in [5.41, 5.74) is 0.948. The molecule has 2 N–H and O–H groups in total. The molecule has 1 aliphatic rings. The van der Waals surface area contributed by atoms with Crippen LogP contribution in [0.3, 0.4) is 0 Å². The molecule has 176 valence electrons. The molecule has 1 amide bonds. The number of hydrogen-bond donors (Lipinski definition) is 2. The van der Waals surface area contributed by atoms with Crippen molar-refractivity contribution in [1.82, 2.24) is 9.80 Å². The van der Waals surface area contributed by atoms with Gasteiger partial charge in [-0.05, 0) is 49.0 Å². The van der Waals surface area contributed by atoms with Crippen molar-refractivity contribution in [3.8, 4) is 17.2 Å². The first-order chi connectivity index (χ1) is 15.9. The normalized spacial score (nSPS) is 17.6. The number of benzene rings is 2. The number of nitrogens with zero attached hydrogens (tertiary/aromatic N) is 2. The summed E-state index contributed by atoms with van der Waals surface area (Å²) < 4.78 is 10.6. The summed E-state index contributed by atoms with van der Waals surface area (Å²) in [7, 11) is 2.98. The summed E-state index contributed by atoms with van der Waals surface area (Å²) in [6, 6.07) is 10.3. The van der Waals surface area contributed by atoms with Gasteiger partial charge in [-0.15, -0.1) is 0 Å². The van der Waals surface area contributed by atoms with E-state index in [1.807, 2.05) is 13.8 Å². The van der Waals surface area contributed by atoms with Crippen molar-refractivity contribution in [3.63, 3.8) is 0 Å². The maximum absolute atomic E-state index is 13.1. The van der Waals surface area contributed by atoms with Gasteiger partial charge in [0.25, 0.3) is 11.7 Å². The van der Waals surface area contributed by atoms with Crippen LogP contribution in [0.25, 0.3) is 5.76 Å². The van der Waals surface area contributed by atoms with Crippen molar-refractivity contribution >= 4 is 17.4 Å². The number of carbonyl (C=O) groups excluding carboxylic acids is 2. The number of phenols is 1. The fourth-order valence-electron chi connectivity index (χ4n) is 4.04. The fraction of sp³-hybridized carbons (Fsp3) is 0.360. The smallest absolute Gasteiger partial charge is 0.295 e. The van der Waals surface area contributed by atoms with E-state index in [9.17, 15) is 19.8 Å². The Hall–Kier alpha value is -3.52. The van der Waals surface area contributed by atoms with Gasteiger partial charge < -0.3 is 29.5 Å². The first kappa shape index (κ1) is 24.1. The van der Waals surface area contributed by atoms with Crippen molar-refractivity contribution in [2.45, 2.75) is 19.9 Å². The monoisotopic (exact) mass is 454 g/mol. The first-order valence-corrected chi connectivity index (χ1v) is 10.9. The Morgan fingerprint density at radius 1 is 1.00 bits per heavy atom. The highest BCUT2D eigenvalue weighted by atomic mass is 16.5. The molecular weight excluding hydrogens is 424 g/mol. The van der Waals surface area contributed by atoms with Gasteiger partial charge in [-0.25, -0.2) is 0 Å². The third-order valence-corrected chi connectivity index (χ3v) is 5.96. The molecule has 0 aromatic heterocycles. The van der Waals surface area contributed by atoms with Crippen LogP contribution in [0.5, 0.6) is 17.2 Å². The van der Waals surface area contributed by atoms with Gasteiger partial charge in [0.1, 0.15) is 11.5 Å². The molecule has 0 saturated carbocycles. The minimum absolute atomic E-state index is 0.00235. The van der Waals surface area contributed by atoms with E-state index in [1.165, 1.54) is 31.3 Å². The number of likely N-dealkylation sites (N-methyl/N-ethyl adjacent to an activating group) is 1. The highest BCUT2D eigenvalue weighted by Gasteiger charge is 2.46. The molecule has 2 aromatic rings. The predicted molar refractivity (Wildman–Crippen MR) is 124 cm³/mol. The molecule has 0 radical (unpaired) electrons. The number of aromatic hydroxyl groups is 1. The second-order valence-electron chi connectivity index (χ2n) is 7.68. The van der Waals surface area contributed by atoms with Crippen LogP contribution in [-0.4, -0.2) is 72.1 Å². The van der Waals surface area contributed by atoms with Gasteiger partial charge in [0, 0.05) is 18.7 Å². The van der Waals surface area contributed by atoms with E-state index < -0.39 is 17.7 Å². The van der Waals surface area contributed by atoms with Crippen molar-refractivity contribution in [2.75, 3.05) is 40.4 Å². The van der Waals surface area contributed by atoms with E-state index in [4.69, 9.17) is 9.47 Å². The van der Waals surface area contributed by atoms with Crippen LogP contribution in [0.1, 0.15) is 31.0 Å². The number of ether oxygens (including phenoxy) is 2. The minimum atomic E-state index is -0.783. The summed E-state index contributed by atoms with van der Waals surface area (Å²) in [6.45, 7) is 6.61. The lowest BCUT2D eigenvalue weighted by molar-refractivity contribution is -0.140. The highest BCUT2D eigenvalue weighted by Crippen LogP contribution is 2.40. The minimum Gasteiger partial charge on any atom is -0.508 e. The number of aliphatic hydroxyl groups is 1. The summed E-state index contributed by atoms with van der Waals surface area (Å²) >= 11 is 0. The standard InChI is InChI=1S/C25H30N2O6/c1-5-26(6-2)13-14-27-22(16-7-10-18(28)11-8-16)21(24(30)25(27)31)23(29)17-9-12-19(32-3)20(15-17)33-4/h7-12,15,22,28-29H,5-6,13-14H2,1-4H3. The van der Waals surface area contributed by atoms with Gasteiger partial charge in [-0.2, -0.15) is 0 Å². The zero-order valence-electron chi connectivity index (χ0n) is 19.4. The quantitative estimate of drug-likeness (QED) is 0.341. The van der Waals surface area contributed by atoms with Crippen LogP contribution in [0, 0.1) is 0 Å². The Bertz CT molecular complexity index is 1040. The molecule has 1 atom stereocenters. The number of aliphatic hydroxyl groups excluding tert-OH is 1. The average Bonchev–Trinajstić information content (AvgIpc) is 3.09. The van der Waals surface area contributed by atoms with Crippen molar-refractivity contribution in [2.24, 2.45) is 0 Å². The van der Waals surface area contributed by atoms with Crippen LogP contribution in [0.15, 0.2) is 48.0 Å². The molecule has 1 unspecified atom stereocenters. The van der Waals surface area contributed by atoms with Gasteiger partial charge in [0.2, 0.25) is 0 Å². The first-order valence-electron chi connectivity index (χ1n) is 10.9. The second kappa shape index (κ2) is 10.4. The Kier molecular flexibility index (Phi) is 7.60. The molecule has 1 aliphatic heterocycles. The number of methoxy groups -OCH3 is 2. The number of hydrogen-bond acceptors (Lipinski definition) is 7. The molecule has 0 aliphatic carbocycles. The molecule has 3 rings (SSSR count). The Labute approximate surface area is 193 Å². The van der Waals surface area contributed by atoms with E-state index in [-0.39, 0.29) is 17.1 Å². The van der Waals surface area contributed by atoms with E-state index >= 15 is 0 Å². The Morgan fingerprint density at radius 2 is 1.64 bits per heavy atom. The molecule has 8 heteroatoms. The molecule has 33 heavy (non-hydrogen) atoms. The molecule has 0 spiro atoms. The number of phenolic OH excluding ortho intramolecular Hbond substituents is 1. The zero-order valence-corrected chi connectivity index (χ0v) is 19.4. The van der Waals surface area contributed by atoms with E-state index in [0.29, 0.717) is 35.7 Å². The summed E-state index contributed by atoms with van der Waals surface area (Å²) in [6.07, 6.45) is 0. The third-order valence-electron chi connectivity index (χ3n) is 5.96. The number of Topliss-reactive ketones (excluding diaryl/α,β-unsaturated/α-hetero) is 1. The zero-order chi connectivity index (χ0) is 24.1. The predicted octanol–water partition coefficient (Wildman–Crippen LogP) is 3.17. The summed E-state index contributed by atoms with van der Waals surface area (Å²) in [5, 5.41) is 20.9. The van der Waals surface area contributed by atoms with Crippen molar-refractivity contribution in [3.05, 3.63) is 59.2 Å². The lowest BCUT2D eigenvalue weighted by Gasteiger charge is -2.28. The third kappa shape index (κ3) is 4.80. The van der Waals surface area contributed by atoms with Crippen LogP contribution in [0.2, 0.25) is 0 Å². The molecule has 1 heterocycles. The largest absolute Gasteiger partial charge is 0.508 e. The lowest BCUT2D eigenvalue weighted by Crippen LogP contribution is -2.38. The van der Waals surface area contributed by atoms with Gasteiger partial charge in [0.05, 0.1) is 25.8 Å². The Morgan fingerprint density at radius 3 is 2.21 bits per heavy atom. The molecule has 1 fully saturated rings. The Balaban J connectivity index is 2.12. The van der Waals surface area contributed by atoms with Crippen molar-refractivity contribution in [1.29, 1.82) is 0 Å². The number of likely N-dealkylation sites (tertiary alicyclic amines) is 1. The maximum Gasteiger partial charge on any atom is 0.295 e. The van der Waals surface area contributed by atoms with Gasteiger partial charge >= 0.3 is 0 Å². The maximum atomic E-state index is 13.1. The van der Waals surface area contributed by atoms with E-state index in [2.05, 4.69) is 4.90 Å². The number of ketones is 1. The van der Waals surface area contributed by atoms with Crippen LogP contribution >= 0.6 is 0 Å². The lowest BCUT2D eigenvalue weighted by atomic mass is 9.95. The topological polar surface area (TPSA) is 99.5 Å².